The van der Waals surface area contributed by atoms with Crippen LogP contribution in [0.2, 0.25) is 0 Å². The maximum absolute atomic E-state index is 12.9. The summed E-state index contributed by atoms with van der Waals surface area (Å²) in [6, 6.07) is 6.30. The van der Waals surface area contributed by atoms with E-state index in [-0.39, 0.29) is 23.9 Å². The van der Waals surface area contributed by atoms with E-state index in [0.717, 1.165) is 25.0 Å². The maximum atomic E-state index is 12.9. The molecule has 4 nitrogen and oxygen atoms in total. The molecule has 0 spiro atoms. The molecule has 0 N–H and O–H groups in total. The molecule has 5 heteroatoms. The third-order valence-corrected chi connectivity index (χ3v) is 4.63. The van der Waals surface area contributed by atoms with Crippen molar-refractivity contribution in [2.75, 3.05) is 26.9 Å². The normalized spacial score (nSPS) is 27.7. The van der Waals surface area contributed by atoms with E-state index in [9.17, 15) is 9.18 Å². The van der Waals surface area contributed by atoms with E-state index in [1.165, 1.54) is 12.1 Å². The van der Waals surface area contributed by atoms with Crippen molar-refractivity contribution in [2.24, 2.45) is 5.92 Å². The van der Waals surface area contributed by atoms with Crippen LogP contribution in [0.15, 0.2) is 24.3 Å². The Hall–Kier alpha value is -1.46. The van der Waals surface area contributed by atoms with Gasteiger partial charge in [0, 0.05) is 20.3 Å². The van der Waals surface area contributed by atoms with Crippen LogP contribution in [-0.2, 0) is 20.7 Å². The first-order valence-electron chi connectivity index (χ1n) is 7.82. The van der Waals surface area contributed by atoms with Gasteiger partial charge in [0.2, 0.25) is 5.91 Å². The van der Waals surface area contributed by atoms with Crippen molar-refractivity contribution >= 4 is 5.91 Å². The predicted molar refractivity (Wildman–Crippen MR) is 79.9 cm³/mol. The Morgan fingerprint density at radius 3 is 2.86 bits per heavy atom. The summed E-state index contributed by atoms with van der Waals surface area (Å²) in [6.45, 7) is 1.95. The van der Waals surface area contributed by atoms with E-state index >= 15 is 0 Å². The summed E-state index contributed by atoms with van der Waals surface area (Å²) >= 11 is 0. The molecule has 3 rings (SSSR count). The lowest BCUT2D eigenvalue weighted by atomic mass is 10.1. The number of methoxy groups -OCH3 is 1. The zero-order valence-corrected chi connectivity index (χ0v) is 12.8. The molecule has 1 saturated heterocycles. The number of amides is 1. The van der Waals surface area contributed by atoms with Crippen molar-refractivity contribution in [3.63, 3.8) is 0 Å². The van der Waals surface area contributed by atoms with Gasteiger partial charge in [-0.25, -0.2) is 4.39 Å². The number of hydrogen-bond donors (Lipinski definition) is 0. The van der Waals surface area contributed by atoms with Gasteiger partial charge in [-0.3, -0.25) is 4.79 Å². The van der Waals surface area contributed by atoms with Gasteiger partial charge in [-0.05, 0) is 36.5 Å². The van der Waals surface area contributed by atoms with Crippen molar-refractivity contribution in [1.29, 1.82) is 0 Å². The summed E-state index contributed by atoms with van der Waals surface area (Å²) in [7, 11) is 1.71. The number of rotatable bonds is 4. The van der Waals surface area contributed by atoms with Crippen molar-refractivity contribution in [2.45, 2.75) is 31.4 Å². The second-order valence-corrected chi connectivity index (χ2v) is 6.16. The summed E-state index contributed by atoms with van der Waals surface area (Å²) in [5.74, 6) is 0.281. The van der Waals surface area contributed by atoms with Crippen LogP contribution in [0.25, 0.3) is 0 Å². The largest absolute Gasteiger partial charge is 0.384 e. The molecule has 1 amide bonds. The van der Waals surface area contributed by atoms with Crippen LogP contribution < -0.4 is 0 Å². The molecule has 0 bridgehead atoms. The van der Waals surface area contributed by atoms with Gasteiger partial charge in [-0.15, -0.1) is 0 Å². The molecule has 1 aliphatic heterocycles. The first-order chi connectivity index (χ1) is 10.7. The van der Waals surface area contributed by atoms with Gasteiger partial charge in [-0.1, -0.05) is 12.1 Å². The lowest BCUT2D eigenvalue weighted by molar-refractivity contribution is -0.143. The number of halogens is 1. The molecule has 1 heterocycles. The van der Waals surface area contributed by atoms with Crippen molar-refractivity contribution in [3.05, 3.63) is 35.6 Å². The minimum atomic E-state index is -0.277. The van der Waals surface area contributed by atoms with Crippen LogP contribution in [0.3, 0.4) is 0 Å². The second kappa shape index (κ2) is 6.75. The summed E-state index contributed by atoms with van der Waals surface area (Å²) < 4.78 is 24.0. The Kier molecular flexibility index (Phi) is 4.74. The fraction of sp³-hybridized carbons (Fsp3) is 0.588. The van der Waals surface area contributed by atoms with Crippen LogP contribution in [0.5, 0.6) is 0 Å². The van der Waals surface area contributed by atoms with Crippen LogP contribution in [0.1, 0.15) is 18.4 Å². The van der Waals surface area contributed by atoms with Gasteiger partial charge in [0.05, 0.1) is 25.2 Å². The zero-order chi connectivity index (χ0) is 15.5. The van der Waals surface area contributed by atoms with Crippen LogP contribution in [0, 0.1) is 11.7 Å². The van der Waals surface area contributed by atoms with Gasteiger partial charge in [0.15, 0.2) is 0 Å². The Morgan fingerprint density at radius 2 is 2.14 bits per heavy atom. The summed E-state index contributed by atoms with van der Waals surface area (Å²) in [6.07, 6.45) is 2.34. The minimum Gasteiger partial charge on any atom is -0.384 e. The van der Waals surface area contributed by atoms with Crippen molar-refractivity contribution in [1.82, 2.24) is 4.90 Å². The third kappa shape index (κ3) is 3.31. The number of nitrogens with zero attached hydrogens (tertiary/aromatic N) is 1. The summed E-state index contributed by atoms with van der Waals surface area (Å²) in [4.78, 5) is 14.6. The molecule has 22 heavy (non-hydrogen) atoms. The highest BCUT2D eigenvalue weighted by Crippen LogP contribution is 2.34. The number of hydrogen-bond acceptors (Lipinski definition) is 3. The number of fused-ring (bicyclic) bond motifs is 1. The van der Waals surface area contributed by atoms with E-state index < -0.39 is 0 Å². The Bertz CT molecular complexity index is 519. The molecule has 1 aromatic rings. The van der Waals surface area contributed by atoms with Gasteiger partial charge < -0.3 is 14.4 Å². The Morgan fingerprint density at radius 1 is 1.36 bits per heavy atom. The van der Waals surface area contributed by atoms with E-state index in [1.807, 2.05) is 4.90 Å². The standard InChI is InChI=1S/C17H22FNO3/c1-21-11-13-8-15-16(9-13)22-7-6-19(15)17(20)10-12-2-4-14(18)5-3-12/h2-5,13,15-16H,6-11H2,1H3/t13-,15+,16-/m0/s1. The Labute approximate surface area is 130 Å². The molecule has 2 fully saturated rings. The van der Waals surface area contributed by atoms with Gasteiger partial charge >= 0.3 is 0 Å². The SMILES string of the molecule is COC[C@@H]1C[C@@H]2OCCN(C(=O)Cc3ccc(F)cc3)[C@@H]2C1. The third-order valence-electron chi connectivity index (χ3n) is 4.63. The fourth-order valence-electron chi connectivity index (χ4n) is 3.61. The number of ether oxygens (including phenoxy) is 2. The van der Waals surface area contributed by atoms with E-state index in [4.69, 9.17) is 9.47 Å². The first kappa shape index (κ1) is 15.4. The molecule has 120 valence electrons. The zero-order valence-electron chi connectivity index (χ0n) is 12.8. The van der Waals surface area contributed by atoms with Crippen molar-refractivity contribution in [3.8, 4) is 0 Å². The first-order valence-corrected chi connectivity index (χ1v) is 7.82. The molecule has 1 aliphatic carbocycles. The second-order valence-electron chi connectivity index (χ2n) is 6.16. The average Bonchev–Trinajstić information content (AvgIpc) is 2.92. The molecular formula is C17H22FNO3. The van der Waals surface area contributed by atoms with Crippen LogP contribution in [0.4, 0.5) is 4.39 Å². The number of morpholine rings is 1. The number of carbonyl (C=O) groups is 1. The smallest absolute Gasteiger partial charge is 0.227 e. The molecule has 1 saturated carbocycles. The van der Waals surface area contributed by atoms with Crippen LogP contribution >= 0.6 is 0 Å². The maximum Gasteiger partial charge on any atom is 0.227 e. The number of benzene rings is 1. The number of carbonyl (C=O) groups excluding carboxylic acids is 1. The fourth-order valence-corrected chi connectivity index (χ4v) is 3.61. The summed E-state index contributed by atoms with van der Waals surface area (Å²) in [5.41, 5.74) is 0.848. The topological polar surface area (TPSA) is 38.8 Å². The lowest BCUT2D eigenvalue weighted by Gasteiger charge is -2.37. The van der Waals surface area contributed by atoms with Crippen LogP contribution in [-0.4, -0.2) is 49.8 Å². The predicted octanol–water partition coefficient (Wildman–Crippen LogP) is 2.02. The van der Waals surface area contributed by atoms with E-state index in [0.29, 0.717) is 25.5 Å². The van der Waals surface area contributed by atoms with Gasteiger partial charge in [0.25, 0.3) is 0 Å². The highest BCUT2D eigenvalue weighted by molar-refractivity contribution is 5.79. The highest BCUT2D eigenvalue weighted by Gasteiger charge is 2.42. The molecule has 0 aromatic heterocycles. The minimum absolute atomic E-state index is 0.1000. The summed E-state index contributed by atoms with van der Waals surface area (Å²) in [5, 5.41) is 0. The lowest BCUT2D eigenvalue weighted by Crippen LogP contribution is -2.51. The van der Waals surface area contributed by atoms with E-state index in [1.54, 1.807) is 19.2 Å². The Balaban J connectivity index is 1.65. The van der Waals surface area contributed by atoms with Crippen molar-refractivity contribution < 1.29 is 18.7 Å². The monoisotopic (exact) mass is 307 g/mol. The average molecular weight is 307 g/mol. The molecule has 0 unspecified atom stereocenters. The van der Waals surface area contributed by atoms with Gasteiger partial charge in [-0.2, -0.15) is 0 Å². The molecule has 1 aromatic carbocycles. The highest BCUT2D eigenvalue weighted by atomic mass is 19.1. The molecule has 0 radical (unpaired) electrons. The quantitative estimate of drug-likeness (QED) is 0.854. The molecule has 3 atom stereocenters. The van der Waals surface area contributed by atoms with Gasteiger partial charge in [0.1, 0.15) is 5.82 Å². The van der Waals surface area contributed by atoms with E-state index in [2.05, 4.69) is 0 Å². The molecular weight excluding hydrogens is 285 g/mol. The molecule has 2 aliphatic rings.